The minimum Gasteiger partial charge on any atom is -0.506 e. The number of halogens is 1. The van der Waals surface area contributed by atoms with Crippen LogP contribution in [0.25, 0.3) is 0 Å². The molecule has 1 aromatic rings. The van der Waals surface area contributed by atoms with Gasteiger partial charge >= 0.3 is 0 Å². The number of phenolic OH excluding ortho intramolecular Hbond substituents is 1. The first-order valence-electron chi connectivity index (χ1n) is 3.88. The molecule has 0 unspecified atom stereocenters. The Hall–Kier alpha value is -1.28. The van der Waals surface area contributed by atoms with Crippen molar-refractivity contribution in [2.24, 2.45) is 11.5 Å². The Labute approximate surface area is 88.5 Å². The Morgan fingerprint density at radius 1 is 1.50 bits per heavy atom. The fourth-order valence-corrected chi connectivity index (χ4v) is 1.08. The molecule has 0 bridgehead atoms. The quantitative estimate of drug-likeness (QED) is 0.672. The van der Waals surface area contributed by atoms with Crippen LogP contribution < -0.4 is 11.5 Å². The molecule has 0 saturated heterocycles. The van der Waals surface area contributed by atoms with Gasteiger partial charge in [-0.05, 0) is 6.07 Å². The molecule has 0 amide bonds. The van der Waals surface area contributed by atoms with E-state index >= 15 is 0 Å². The lowest BCUT2D eigenvalue weighted by atomic mass is 10.0. The van der Waals surface area contributed by atoms with Gasteiger partial charge in [-0.2, -0.15) is 5.26 Å². The molecule has 5 N–H and O–H groups in total. The Bertz CT molecular complexity index is 348. The number of phenols is 1. The topological polar surface area (TPSA) is 96.1 Å². The number of nitrogens with two attached hydrogens (primary N) is 2. The van der Waals surface area contributed by atoms with Crippen LogP contribution in [0.2, 0.25) is 0 Å². The summed E-state index contributed by atoms with van der Waals surface area (Å²) in [7, 11) is 0. The van der Waals surface area contributed by atoms with E-state index in [2.05, 4.69) is 0 Å². The van der Waals surface area contributed by atoms with Crippen molar-refractivity contribution in [3.8, 4) is 11.8 Å². The zero-order valence-corrected chi connectivity index (χ0v) is 8.29. The van der Waals surface area contributed by atoms with E-state index in [1.807, 2.05) is 6.07 Å². The van der Waals surface area contributed by atoms with Gasteiger partial charge in [0, 0.05) is 18.2 Å². The zero-order valence-electron chi connectivity index (χ0n) is 7.47. The van der Waals surface area contributed by atoms with Crippen LogP contribution in [-0.2, 0) is 0 Å². The molecule has 0 fully saturated rings. The fraction of sp³-hybridized carbons (Fsp3) is 0.222. The summed E-state index contributed by atoms with van der Waals surface area (Å²) in [4.78, 5) is 0. The summed E-state index contributed by atoms with van der Waals surface area (Å²) in [5.74, 6) is -0.0667. The highest BCUT2D eigenvalue weighted by Crippen LogP contribution is 2.25. The Morgan fingerprint density at radius 2 is 2.14 bits per heavy atom. The van der Waals surface area contributed by atoms with Gasteiger partial charge in [-0.1, -0.05) is 12.1 Å². The van der Waals surface area contributed by atoms with Gasteiger partial charge in [0.2, 0.25) is 0 Å². The third-order valence-electron chi connectivity index (χ3n) is 1.84. The first kappa shape index (κ1) is 12.7. The van der Waals surface area contributed by atoms with E-state index in [1.54, 1.807) is 12.1 Å². The minimum atomic E-state index is -0.423. The van der Waals surface area contributed by atoms with Crippen LogP contribution in [0.4, 0.5) is 0 Å². The number of para-hydroxylation sites is 1. The maximum absolute atomic E-state index is 9.53. The van der Waals surface area contributed by atoms with E-state index in [9.17, 15) is 5.11 Å². The standard InChI is InChI=1S/C9H11N3O.ClH/c10-4-6-2-1-3-7(9(6)13)8(12)5-11;/h1-3,8,13H,5,11-12H2;1H/t8-;/m1./s1. The number of hydrogen-bond donors (Lipinski definition) is 3. The summed E-state index contributed by atoms with van der Waals surface area (Å²) in [6.07, 6.45) is 0. The van der Waals surface area contributed by atoms with Gasteiger partial charge in [-0.25, -0.2) is 0 Å². The van der Waals surface area contributed by atoms with Crippen molar-refractivity contribution in [1.29, 1.82) is 5.26 Å². The van der Waals surface area contributed by atoms with Gasteiger partial charge in [0.15, 0.2) is 0 Å². The molecule has 0 spiro atoms. The van der Waals surface area contributed by atoms with Crippen LogP contribution in [-0.4, -0.2) is 11.7 Å². The summed E-state index contributed by atoms with van der Waals surface area (Å²) in [6, 6.07) is 6.31. The van der Waals surface area contributed by atoms with Crippen molar-refractivity contribution < 1.29 is 5.11 Å². The molecule has 0 aromatic heterocycles. The summed E-state index contributed by atoms with van der Waals surface area (Å²) >= 11 is 0. The number of aromatic hydroxyl groups is 1. The lowest BCUT2D eigenvalue weighted by Crippen LogP contribution is -2.20. The van der Waals surface area contributed by atoms with E-state index in [0.717, 1.165) is 0 Å². The van der Waals surface area contributed by atoms with Gasteiger partial charge in [0.05, 0.1) is 5.56 Å². The molecule has 0 aliphatic rings. The Morgan fingerprint density at radius 3 is 2.64 bits per heavy atom. The van der Waals surface area contributed by atoms with E-state index < -0.39 is 6.04 Å². The maximum atomic E-state index is 9.53. The molecule has 4 nitrogen and oxygen atoms in total. The molecule has 5 heteroatoms. The number of benzene rings is 1. The second-order valence-electron chi connectivity index (χ2n) is 2.70. The molecule has 76 valence electrons. The van der Waals surface area contributed by atoms with Crippen LogP contribution >= 0.6 is 12.4 Å². The predicted octanol–water partition coefficient (Wildman–Crippen LogP) is 0.644. The van der Waals surface area contributed by atoms with Crippen LogP contribution in [0.5, 0.6) is 5.75 Å². The molecule has 0 heterocycles. The number of rotatable bonds is 2. The van der Waals surface area contributed by atoms with Crippen LogP contribution in [0.3, 0.4) is 0 Å². The van der Waals surface area contributed by atoms with E-state index in [4.69, 9.17) is 16.7 Å². The van der Waals surface area contributed by atoms with E-state index in [0.29, 0.717) is 5.56 Å². The smallest absolute Gasteiger partial charge is 0.138 e. The number of nitriles is 1. The maximum Gasteiger partial charge on any atom is 0.138 e. The molecule has 14 heavy (non-hydrogen) atoms. The van der Waals surface area contributed by atoms with Crippen molar-refractivity contribution in [2.75, 3.05) is 6.54 Å². The summed E-state index contributed by atoms with van der Waals surface area (Å²) < 4.78 is 0. The first-order valence-corrected chi connectivity index (χ1v) is 3.88. The van der Waals surface area contributed by atoms with Crippen LogP contribution in [0.1, 0.15) is 17.2 Å². The SMILES string of the molecule is Cl.N#Cc1cccc([C@H](N)CN)c1O. The van der Waals surface area contributed by atoms with Gasteiger partial charge in [0.1, 0.15) is 11.8 Å². The molecule has 0 radical (unpaired) electrons. The van der Waals surface area contributed by atoms with Crippen molar-refractivity contribution in [1.82, 2.24) is 0 Å². The van der Waals surface area contributed by atoms with Crippen molar-refractivity contribution in [3.63, 3.8) is 0 Å². The van der Waals surface area contributed by atoms with E-state index in [1.165, 1.54) is 6.07 Å². The molecule has 1 aromatic carbocycles. The highest BCUT2D eigenvalue weighted by molar-refractivity contribution is 5.85. The predicted molar refractivity (Wildman–Crippen MR) is 56.1 cm³/mol. The second kappa shape index (κ2) is 5.45. The zero-order chi connectivity index (χ0) is 9.84. The summed E-state index contributed by atoms with van der Waals surface area (Å²) in [6.45, 7) is 0.239. The molecule has 1 atom stereocenters. The fourth-order valence-electron chi connectivity index (χ4n) is 1.08. The molecular weight excluding hydrogens is 202 g/mol. The Kier molecular flexibility index (Phi) is 4.95. The molecule has 0 saturated carbocycles. The van der Waals surface area contributed by atoms with Gasteiger partial charge in [-0.3, -0.25) is 0 Å². The first-order chi connectivity index (χ1) is 6.20. The van der Waals surface area contributed by atoms with Gasteiger partial charge in [0.25, 0.3) is 0 Å². The number of nitrogens with zero attached hydrogens (tertiary/aromatic N) is 1. The molecular formula is C9H12ClN3O. The van der Waals surface area contributed by atoms with Gasteiger partial charge < -0.3 is 16.6 Å². The van der Waals surface area contributed by atoms with Gasteiger partial charge in [-0.15, -0.1) is 12.4 Å². The van der Waals surface area contributed by atoms with Crippen LogP contribution in [0, 0.1) is 11.3 Å². The van der Waals surface area contributed by atoms with E-state index in [-0.39, 0.29) is 30.3 Å². The van der Waals surface area contributed by atoms with Crippen molar-refractivity contribution >= 4 is 12.4 Å². The highest BCUT2D eigenvalue weighted by atomic mass is 35.5. The molecule has 1 rings (SSSR count). The highest BCUT2D eigenvalue weighted by Gasteiger charge is 2.11. The van der Waals surface area contributed by atoms with Crippen molar-refractivity contribution in [2.45, 2.75) is 6.04 Å². The third kappa shape index (κ3) is 2.36. The normalized spacial score (nSPS) is 11.2. The second-order valence-corrected chi connectivity index (χ2v) is 2.70. The average molecular weight is 214 g/mol. The number of hydrogen-bond acceptors (Lipinski definition) is 4. The van der Waals surface area contributed by atoms with Crippen molar-refractivity contribution in [3.05, 3.63) is 29.3 Å². The third-order valence-corrected chi connectivity index (χ3v) is 1.84. The lowest BCUT2D eigenvalue weighted by Gasteiger charge is -2.11. The summed E-state index contributed by atoms with van der Waals surface area (Å²) in [5, 5.41) is 18.1. The molecule has 0 aliphatic carbocycles. The Balaban J connectivity index is 0.00000169. The largest absolute Gasteiger partial charge is 0.506 e. The van der Waals surface area contributed by atoms with Crippen LogP contribution in [0.15, 0.2) is 18.2 Å². The monoisotopic (exact) mass is 213 g/mol. The minimum absolute atomic E-state index is 0. The molecule has 0 aliphatic heterocycles. The lowest BCUT2D eigenvalue weighted by molar-refractivity contribution is 0.460. The summed E-state index contributed by atoms with van der Waals surface area (Å²) in [5.41, 5.74) is 11.7. The average Bonchev–Trinajstić information content (AvgIpc) is 2.17.